The molecule has 0 fully saturated rings. The van der Waals surface area contributed by atoms with Crippen molar-refractivity contribution in [2.45, 2.75) is 32.6 Å². The summed E-state index contributed by atoms with van der Waals surface area (Å²) in [5.41, 5.74) is 2.85. The summed E-state index contributed by atoms with van der Waals surface area (Å²) >= 11 is 1.66. The van der Waals surface area contributed by atoms with E-state index in [1.54, 1.807) is 17.6 Å². The first-order valence-electron chi connectivity index (χ1n) is 7.09. The Kier molecular flexibility index (Phi) is 3.94. The number of hydrogen-bond donors (Lipinski definition) is 1. The van der Waals surface area contributed by atoms with Gasteiger partial charge in [0.25, 0.3) is 0 Å². The zero-order valence-corrected chi connectivity index (χ0v) is 13.2. The molecule has 1 N–H and O–H groups in total. The van der Waals surface area contributed by atoms with Gasteiger partial charge in [-0.25, -0.2) is 4.98 Å². The van der Waals surface area contributed by atoms with Crippen LogP contribution in [0, 0.1) is 6.92 Å². The van der Waals surface area contributed by atoms with Crippen LogP contribution in [0.1, 0.15) is 36.3 Å². The van der Waals surface area contributed by atoms with Crippen LogP contribution in [0.15, 0.2) is 22.8 Å². The van der Waals surface area contributed by atoms with E-state index < -0.39 is 0 Å². The average Bonchev–Trinajstić information content (AvgIpc) is 3.04. The van der Waals surface area contributed by atoms with Gasteiger partial charge in [-0.1, -0.05) is 6.92 Å². The van der Waals surface area contributed by atoms with Crippen LogP contribution < -0.4 is 5.32 Å². The number of rotatable bonds is 5. The quantitative estimate of drug-likeness (QED) is 0.731. The number of nitrogens with zero attached hydrogens (tertiary/aromatic N) is 1. The number of carbonyl (C=O) groups is 2. The molecule has 0 spiro atoms. The molecule has 0 aliphatic carbocycles. The summed E-state index contributed by atoms with van der Waals surface area (Å²) in [5.74, 6) is -0.0831. The van der Waals surface area contributed by atoms with Crippen molar-refractivity contribution in [3.05, 3.63) is 29.0 Å². The third kappa shape index (κ3) is 2.74. The minimum atomic E-state index is -0.255. The molecule has 22 heavy (non-hydrogen) atoms. The van der Waals surface area contributed by atoms with Crippen molar-refractivity contribution in [2.75, 3.05) is 0 Å². The van der Waals surface area contributed by atoms with Gasteiger partial charge in [0.2, 0.25) is 12.3 Å². The van der Waals surface area contributed by atoms with Gasteiger partial charge in [0.15, 0.2) is 0 Å². The van der Waals surface area contributed by atoms with Gasteiger partial charge >= 0.3 is 0 Å². The lowest BCUT2D eigenvalue weighted by Gasteiger charge is -2.08. The first-order valence-corrected chi connectivity index (χ1v) is 7.91. The van der Waals surface area contributed by atoms with Crippen LogP contribution in [0.3, 0.4) is 0 Å². The molecular weight excluding hydrogens is 300 g/mol. The van der Waals surface area contributed by atoms with Crippen LogP contribution in [0.4, 0.5) is 0 Å². The van der Waals surface area contributed by atoms with E-state index in [-0.39, 0.29) is 11.8 Å². The van der Waals surface area contributed by atoms with Crippen molar-refractivity contribution in [2.24, 2.45) is 0 Å². The van der Waals surface area contributed by atoms with E-state index in [4.69, 9.17) is 4.42 Å². The minimum absolute atomic E-state index is 0.171. The molecule has 1 atom stereocenters. The van der Waals surface area contributed by atoms with Gasteiger partial charge in [-0.05, 0) is 25.3 Å². The summed E-state index contributed by atoms with van der Waals surface area (Å²) in [6.45, 7) is 4.04. The standard InChI is InChI=1S/C16H16N2O3S/c1-9(3-4-16(20)17-8-19)12-7-21-14-6-13-15(5-11(12)14)22-10(2)18-13/h5-9H,3-4H2,1-2H3,(H,17,19,20). The van der Waals surface area contributed by atoms with Gasteiger partial charge in [0.05, 0.1) is 21.5 Å². The number of carbonyl (C=O) groups excluding carboxylic acids is 2. The molecule has 5 nitrogen and oxygen atoms in total. The molecule has 0 aliphatic heterocycles. The molecule has 1 aromatic carbocycles. The number of imide groups is 1. The maximum atomic E-state index is 11.4. The topological polar surface area (TPSA) is 72.2 Å². The van der Waals surface area contributed by atoms with Crippen molar-refractivity contribution < 1.29 is 14.0 Å². The maximum absolute atomic E-state index is 11.4. The van der Waals surface area contributed by atoms with Gasteiger partial charge < -0.3 is 4.42 Å². The van der Waals surface area contributed by atoms with Crippen LogP contribution in [-0.2, 0) is 9.59 Å². The van der Waals surface area contributed by atoms with E-state index in [1.807, 2.05) is 13.0 Å². The lowest BCUT2D eigenvalue weighted by atomic mass is 9.95. The van der Waals surface area contributed by atoms with Crippen LogP contribution in [0.25, 0.3) is 21.2 Å². The number of amides is 2. The van der Waals surface area contributed by atoms with Crippen molar-refractivity contribution in [3.63, 3.8) is 0 Å². The molecule has 2 amide bonds. The molecule has 0 bridgehead atoms. The Hall–Kier alpha value is -2.21. The average molecular weight is 316 g/mol. The summed E-state index contributed by atoms with van der Waals surface area (Å²) in [6, 6.07) is 4.07. The molecule has 114 valence electrons. The highest BCUT2D eigenvalue weighted by molar-refractivity contribution is 7.18. The molecule has 2 aromatic heterocycles. The molecule has 2 heterocycles. The fourth-order valence-electron chi connectivity index (χ4n) is 2.61. The zero-order valence-electron chi connectivity index (χ0n) is 12.4. The third-order valence-corrected chi connectivity index (χ3v) is 4.71. The van der Waals surface area contributed by atoms with Gasteiger partial charge in [-0.3, -0.25) is 14.9 Å². The summed E-state index contributed by atoms with van der Waals surface area (Å²) in [7, 11) is 0. The van der Waals surface area contributed by atoms with Crippen molar-refractivity contribution >= 4 is 44.8 Å². The van der Waals surface area contributed by atoms with Crippen molar-refractivity contribution in [3.8, 4) is 0 Å². The van der Waals surface area contributed by atoms with E-state index in [0.29, 0.717) is 19.3 Å². The molecule has 0 saturated carbocycles. The molecule has 6 heteroatoms. The number of furan rings is 1. The molecular formula is C16H16N2O3S. The number of thiazole rings is 1. The van der Waals surface area contributed by atoms with Gasteiger partial charge in [-0.2, -0.15) is 0 Å². The predicted molar refractivity (Wildman–Crippen MR) is 86.0 cm³/mol. The van der Waals surface area contributed by atoms with Crippen LogP contribution in [0.5, 0.6) is 0 Å². The highest BCUT2D eigenvalue weighted by Crippen LogP contribution is 2.34. The summed E-state index contributed by atoms with van der Waals surface area (Å²) in [6.07, 6.45) is 3.15. The van der Waals surface area contributed by atoms with E-state index in [1.165, 1.54) is 0 Å². The largest absolute Gasteiger partial charge is 0.464 e. The molecule has 3 aromatic rings. The lowest BCUT2D eigenvalue weighted by Crippen LogP contribution is -2.21. The van der Waals surface area contributed by atoms with E-state index in [9.17, 15) is 9.59 Å². The fourth-order valence-corrected chi connectivity index (χ4v) is 3.45. The highest BCUT2D eigenvalue weighted by atomic mass is 32.1. The maximum Gasteiger partial charge on any atom is 0.226 e. The second kappa shape index (κ2) is 5.88. The Labute approximate surface area is 131 Å². The van der Waals surface area contributed by atoms with Gasteiger partial charge in [0, 0.05) is 23.4 Å². The molecule has 0 aliphatic rings. The molecule has 3 rings (SSSR count). The second-order valence-electron chi connectivity index (χ2n) is 5.37. The van der Waals surface area contributed by atoms with Crippen molar-refractivity contribution in [1.29, 1.82) is 0 Å². The number of fused-ring (bicyclic) bond motifs is 2. The Morgan fingerprint density at radius 2 is 2.32 bits per heavy atom. The Balaban J connectivity index is 1.88. The number of aromatic nitrogens is 1. The fraction of sp³-hybridized carbons (Fsp3) is 0.312. The van der Waals surface area contributed by atoms with Gasteiger partial charge in [0.1, 0.15) is 5.58 Å². The monoisotopic (exact) mass is 316 g/mol. The summed E-state index contributed by atoms with van der Waals surface area (Å²) in [5, 5.41) is 4.26. The number of nitrogens with one attached hydrogen (secondary N) is 1. The minimum Gasteiger partial charge on any atom is -0.464 e. The lowest BCUT2D eigenvalue weighted by molar-refractivity contribution is -0.125. The zero-order chi connectivity index (χ0) is 15.7. The number of aryl methyl sites for hydroxylation is 1. The molecule has 1 unspecified atom stereocenters. The summed E-state index contributed by atoms with van der Waals surface area (Å²) in [4.78, 5) is 26.1. The van der Waals surface area contributed by atoms with E-state index in [2.05, 4.69) is 23.3 Å². The summed E-state index contributed by atoms with van der Waals surface area (Å²) < 4.78 is 6.79. The smallest absolute Gasteiger partial charge is 0.226 e. The van der Waals surface area contributed by atoms with Crippen molar-refractivity contribution in [1.82, 2.24) is 10.3 Å². The molecule has 0 saturated heterocycles. The van der Waals surface area contributed by atoms with E-state index in [0.717, 1.165) is 31.8 Å². The highest BCUT2D eigenvalue weighted by Gasteiger charge is 2.16. The SMILES string of the molecule is Cc1nc2cc3occ(C(C)CCC(=O)NC=O)c3cc2s1. The Morgan fingerprint density at radius 1 is 1.50 bits per heavy atom. The third-order valence-electron chi connectivity index (χ3n) is 3.78. The first-order chi connectivity index (χ1) is 10.6. The first kappa shape index (κ1) is 14.7. The number of benzene rings is 1. The van der Waals surface area contributed by atoms with Crippen LogP contribution in [0.2, 0.25) is 0 Å². The molecule has 0 radical (unpaired) electrons. The van der Waals surface area contributed by atoms with E-state index >= 15 is 0 Å². The Morgan fingerprint density at radius 3 is 3.09 bits per heavy atom. The Bertz CT molecular complexity index is 850. The number of hydrogen-bond acceptors (Lipinski definition) is 5. The predicted octanol–water partition coefficient (Wildman–Crippen LogP) is 3.51. The van der Waals surface area contributed by atoms with Crippen LogP contribution >= 0.6 is 11.3 Å². The normalized spacial score (nSPS) is 12.6. The second-order valence-corrected chi connectivity index (χ2v) is 6.60. The van der Waals surface area contributed by atoms with Gasteiger partial charge in [-0.15, -0.1) is 11.3 Å². The van der Waals surface area contributed by atoms with Crippen LogP contribution in [-0.4, -0.2) is 17.3 Å².